The highest BCUT2D eigenvalue weighted by Crippen LogP contribution is 2.24. The summed E-state index contributed by atoms with van der Waals surface area (Å²) in [7, 11) is 0. The highest BCUT2D eigenvalue weighted by molar-refractivity contribution is 5.31. The minimum atomic E-state index is -0.749. The Bertz CT molecular complexity index is 564. The van der Waals surface area contributed by atoms with Gasteiger partial charge in [-0.2, -0.15) is 0 Å². The van der Waals surface area contributed by atoms with Crippen LogP contribution in [-0.4, -0.2) is 4.98 Å². The number of pyridine rings is 1. The maximum Gasteiger partial charge on any atom is 0.191 e. The van der Waals surface area contributed by atoms with Crippen LogP contribution in [0.15, 0.2) is 30.6 Å². The lowest BCUT2D eigenvalue weighted by molar-refractivity contribution is 0.273. The van der Waals surface area contributed by atoms with E-state index in [4.69, 9.17) is 10.5 Å². The number of nitrogens with zero attached hydrogens (tertiary/aromatic N) is 1. The second-order valence-electron chi connectivity index (χ2n) is 4.25. The zero-order valence-corrected chi connectivity index (χ0v) is 10.5. The first kappa shape index (κ1) is 13.4. The van der Waals surface area contributed by atoms with Crippen LogP contribution in [0.25, 0.3) is 0 Å². The first-order chi connectivity index (χ1) is 9.10. The normalized spacial score (nSPS) is 10.5. The van der Waals surface area contributed by atoms with Gasteiger partial charge in [-0.05, 0) is 36.2 Å². The zero-order chi connectivity index (χ0) is 13.8. The predicted molar refractivity (Wildman–Crippen MR) is 67.6 cm³/mol. The molecule has 0 amide bonds. The number of hydrogen-bond acceptors (Lipinski definition) is 3. The van der Waals surface area contributed by atoms with E-state index >= 15 is 0 Å². The van der Waals surface area contributed by atoms with Gasteiger partial charge < -0.3 is 10.5 Å². The highest BCUT2D eigenvalue weighted by Gasteiger charge is 2.12. The molecule has 2 aromatic rings. The Morgan fingerprint density at radius 2 is 1.79 bits per heavy atom. The van der Waals surface area contributed by atoms with Crippen molar-refractivity contribution >= 4 is 0 Å². The topological polar surface area (TPSA) is 48.1 Å². The van der Waals surface area contributed by atoms with Gasteiger partial charge >= 0.3 is 0 Å². The Kier molecular flexibility index (Phi) is 4.06. The number of rotatable bonds is 4. The molecular formula is C14H14F2N2O. The summed E-state index contributed by atoms with van der Waals surface area (Å²) in [6.45, 7) is 2.02. The number of ether oxygens (including phenoxy) is 1. The van der Waals surface area contributed by atoms with Crippen LogP contribution >= 0.6 is 0 Å². The van der Waals surface area contributed by atoms with Crippen LogP contribution in [0.4, 0.5) is 8.78 Å². The van der Waals surface area contributed by atoms with Crippen molar-refractivity contribution in [3.8, 4) is 5.75 Å². The fraction of sp³-hybridized carbons (Fsp3) is 0.214. The Labute approximate surface area is 110 Å². The fourth-order valence-corrected chi connectivity index (χ4v) is 1.72. The third-order valence-corrected chi connectivity index (χ3v) is 2.61. The Morgan fingerprint density at radius 1 is 1.11 bits per heavy atom. The summed E-state index contributed by atoms with van der Waals surface area (Å²) in [6.07, 6.45) is 3.29. The molecule has 1 aromatic carbocycles. The molecule has 0 unspecified atom stereocenters. The smallest absolute Gasteiger partial charge is 0.191 e. The Balaban J connectivity index is 2.16. The van der Waals surface area contributed by atoms with Gasteiger partial charge in [-0.25, -0.2) is 8.78 Å². The van der Waals surface area contributed by atoms with Crippen LogP contribution in [0.5, 0.6) is 5.75 Å². The standard InChI is InChI=1S/C14H14F2N2O/c1-9-2-11(7-18-6-9)8-19-14-12(15)3-10(5-17)4-13(14)16/h2-4,6-7H,5,8,17H2,1H3. The zero-order valence-electron chi connectivity index (χ0n) is 10.5. The lowest BCUT2D eigenvalue weighted by atomic mass is 10.2. The maximum absolute atomic E-state index is 13.6. The van der Waals surface area contributed by atoms with Crippen molar-refractivity contribution in [3.63, 3.8) is 0 Å². The van der Waals surface area contributed by atoms with E-state index in [0.29, 0.717) is 5.56 Å². The first-order valence-corrected chi connectivity index (χ1v) is 5.81. The molecule has 0 bridgehead atoms. The molecule has 0 saturated heterocycles. The monoisotopic (exact) mass is 264 g/mol. The van der Waals surface area contributed by atoms with Gasteiger partial charge in [-0.3, -0.25) is 4.98 Å². The second-order valence-corrected chi connectivity index (χ2v) is 4.25. The van der Waals surface area contributed by atoms with Gasteiger partial charge in [0, 0.05) is 24.5 Å². The van der Waals surface area contributed by atoms with Crippen molar-refractivity contribution in [2.24, 2.45) is 5.73 Å². The number of halogens is 2. The molecule has 1 heterocycles. The summed E-state index contributed by atoms with van der Waals surface area (Å²) in [4.78, 5) is 3.98. The van der Waals surface area contributed by atoms with Gasteiger partial charge in [-0.15, -0.1) is 0 Å². The number of hydrogen-bond donors (Lipinski definition) is 1. The Morgan fingerprint density at radius 3 is 2.37 bits per heavy atom. The lowest BCUT2D eigenvalue weighted by Gasteiger charge is -2.10. The molecule has 0 atom stereocenters. The van der Waals surface area contributed by atoms with Gasteiger partial charge in [-0.1, -0.05) is 0 Å². The molecule has 19 heavy (non-hydrogen) atoms. The molecule has 0 aliphatic rings. The van der Waals surface area contributed by atoms with Crippen molar-refractivity contribution in [1.29, 1.82) is 0 Å². The largest absolute Gasteiger partial charge is 0.483 e. The summed E-state index contributed by atoms with van der Waals surface area (Å²) < 4.78 is 32.5. The molecule has 0 fully saturated rings. The average molecular weight is 264 g/mol. The van der Waals surface area contributed by atoms with Crippen LogP contribution in [0.1, 0.15) is 16.7 Å². The van der Waals surface area contributed by atoms with E-state index < -0.39 is 17.4 Å². The summed E-state index contributed by atoms with van der Waals surface area (Å²) in [6, 6.07) is 4.19. The average Bonchev–Trinajstić information content (AvgIpc) is 2.37. The van der Waals surface area contributed by atoms with Crippen LogP contribution in [-0.2, 0) is 13.2 Å². The molecular weight excluding hydrogens is 250 g/mol. The molecule has 0 spiro atoms. The molecule has 5 heteroatoms. The third-order valence-electron chi connectivity index (χ3n) is 2.61. The molecule has 0 saturated carbocycles. The van der Waals surface area contributed by atoms with Crippen molar-refractivity contribution in [2.45, 2.75) is 20.1 Å². The molecule has 0 aliphatic heterocycles. The number of aryl methyl sites for hydroxylation is 1. The summed E-state index contributed by atoms with van der Waals surface area (Å²) in [5.74, 6) is -1.89. The van der Waals surface area contributed by atoms with E-state index in [0.717, 1.165) is 11.1 Å². The van der Waals surface area contributed by atoms with Crippen molar-refractivity contribution < 1.29 is 13.5 Å². The highest BCUT2D eigenvalue weighted by atomic mass is 19.1. The third kappa shape index (κ3) is 3.26. The van der Waals surface area contributed by atoms with E-state index in [1.807, 2.05) is 13.0 Å². The van der Waals surface area contributed by atoms with E-state index in [1.165, 1.54) is 12.1 Å². The molecule has 100 valence electrons. The SMILES string of the molecule is Cc1cncc(COc2c(F)cc(CN)cc2F)c1. The summed E-state index contributed by atoms with van der Waals surface area (Å²) >= 11 is 0. The van der Waals surface area contributed by atoms with Crippen LogP contribution < -0.4 is 10.5 Å². The number of aromatic nitrogens is 1. The van der Waals surface area contributed by atoms with Gasteiger partial charge in [0.05, 0.1) is 0 Å². The van der Waals surface area contributed by atoms with Crippen molar-refractivity contribution in [2.75, 3.05) is 0 Å². The van der Waals surface area contributed by atoms with E-state index in [9.17, 15) is 8.78 Å². The van der Waals surface area contributed by atoms with Crippen LogP contribution in [0.3, 0.4) is 0 Å². The van der Waals surface area contributed by atoms with Crippen molar-refractivity contribution in [1.82, 2.24) is 4.98 Å². The first-order valence-electron chi connectivity index (χ1n) is 5.81. The predicted octanol–water partition coefficient (Wildman–Crippen LogP) is 2.71. The van der Waals surface area contributed by atoms with Gasteiger partial charge in [0.2, 0.25) is 0 Å². The van der Waals surface area contributed by atoms with Gasteiger partial charge in [0.15, 0.2) is 17.4 Å². The minimum Gasteiger partial charge on any atom is -0.483 e. The van der Waals surface area contributed by atoms with E-state index in [-0.39, 0.29) is 13.2 Å². The molecule has 2 rings (SSSR count). The molecule has 2 N–H and O–H groups in total. The second kappa shape index (κ2) is 5.75. The van der Waals surface area contributed by atoms with Crippen LogP contribution in [0, 0.1) is 18.6 Å². The van der Waals surface area contributed by atoms with Crippen LogP contribution in [0.2, 0.25) is 0 Å². The fourth-order valence-electron chi connectivity index (χ4n) is 1.72. The number of nitrogens with two attached hydrogens (primary N) is 1. The van der Waals surface area contributed by atoms with Gasteiger partial charge in [0.1, 0.15) is 6.61 Å². The summed E-state index contributed by atoms with van der Waals surface area (Å²) in [5.41, 5.74) is 7.44. The minimum absolute atomic E-state index is 0.0600. The Hall–Kier alpha value is -2.01. The molecule has 1 aromatic heterocycles. The van der Waals surface area contributed by atoms with E-state index in [1.54, 1.807) is 12.4 Å². The molecule has 0 radical (unpaired) electrons. The number of benzene rings is 1. The summed E-state index contributed by atoms with van der Waals surface area (Å²) in [5, 5.41) is 0. The van der Waals surface area contributed by atoms with Gasteiger partial charge in [0.25, 0.3) is 0 Å². The molecule has 0 aliphatic carbocycles. The van der Waals surface area contributed by atoms with Crippen molar-refractivity contribution in [3.05, 3.63) is 58.9 Å². The molecule has 3 nitrogen and oxygen atoms in total. The maximum atomic E-state index is 13.6. The van der Waals surface area contributed by atoms with E-state index in [2.05, 4.69) is 4.98 Å². The lowest BCUT2D eigenvalue weighted by Crippen LogP contribution is -2.03. The quantitative estimate of drug-likeness (QED) is 0.923.